The Kier molecular flexibility index (Phi) is 5.33. The first-order chi connectivity index (χ1) is 8.77. The van der Waals surface area contributed by atoms with Gasteiger partial charge >= 0.3 is 0 Å². The van der Waals surface area contributed by atoms with Crippen molar-refractivity contribution in [2.24, 2.45) is 0 Å². The maximum Gasteiger partial charge on any atom is 0.221 e. The third kappa shape index (κ3) is 3.39. The highest BCUT2D eigenvalue weighted by atomic mass is 32.1. The fourth-order valence-electron chi connectivity index (χ4n) is 3.23. The number of hydrogen-bond acceptors (Lipinski definition) is 4. The Morgan fingerprint density at radius 3 is 2.56 bits per heavy atom. The van der Waals surface area contributed by atoms with E-state index in [1.165, 1.54) is 12.8 Å². The van der Waals surface area contributed by atoms with Crippen molar-refractivity contribution < 1.29 is 9.53 Å². The second kappa shape index (κ2) is 6.78. The number of thiol groups is 1. The fraction of sp³-hybridized carbons (Fsp3) is 0.923. The van der Waals surface area contributed by atoms with Crippen LogP contribution in [-0.4, -0.2) is 54.9 Å². The van der Waals surface area contributed by atoms with E-state index >= 15 is 0 Å². The Morgan fingerprint density at radius 1 is 1.28 bits per heavy atom. The number of carbonyl (C=O) groups excluding carboxylic acids is 1. The number of amides is 1. The van der Waals surface area contributed by atoms with Crippen LogP contribution in [0.2, 0.25) is 0 Å². The van der Waals surface area contributed by atoms with Crippen molar-refractivity contribution in [3.05, 3.63) is 0 Å². The van der Waals surface area contributed by atoms with Gasteiger partial charge in [0.25, 0.3) is 0 Å². The average molecular weight is 272 g/mol. The molecule has 4 nitrogen and oxygen atoms in total. The van der Waals surface area contributed by atoms with E-state index in [2.05, 4.69) is 22.8 Å². The summed E-state index contributed by atoms with van der Waals surface area (Å²) in [4.78, 5) is 14.5. The van der Waals surface area contributed by atoms with Crippen molar-refractivity contribution in [1.82, 2.24) is 10.2 Å². The molecule has 2 rings (SSSR count). The molecular formula is C13H24N2O2S. The lowest BCUT2D eigenvalue weighted by Crippen LogP contribution is -2.54. The fourth-order valence-corrected chi connectivity index (χ4v) is 3.34. The topological polar surface area (TPSA) is 41.6 Å². The van der Waals surface area contributed by atoms with E-state index < -0.39 is 0 Å². The van der Waals surface area contributed by atoms with Gasteiger partial charge in [0.2, 0.25) is 5.91 Å². The second-order valence-electron chi connectivity index (χ2n) is 5.28. The average Bonchev–Trinajstić information content (AvgIpc) is 2.87. The van der Waals surface area contributed by atoms with Crippen molar-refractivity contribution in [1.29, 1.82) is 0 Å². The van der Waals surface area contributed by atoms with Gasteiger partial charge in [-0.3, -0.25) is 9.69 Å². The van der Waals surface area contributed by atoms with Crippen molar-refractivity contribution in [2.45, 2.75) is 37.6 Å². The van der Waals surface area contributed by atoms with Crippen LogP contribution in [0.4, 0.5) is 0 Å². The van der Waals surface area contributed by atoms with Crippen LogP contribution in [0.1, 0.15) is 32.1 Å². The summed E-state index contributed by atoms with van der Waals surface area (Å²) in [6.45, 7) is 4.22. The van der Waals surface area contributed by atoms with Gasteiger partial charge in [-0.2, -0.15) is 12.6 Å². The minimum Gasteiger partial charge on any atom is -0.379 e. The molecule has 0 bridgehead atoms. The highest BCUT2D eigenvalue weighted by Gasteiger charge is 2.41. The molecule has 1 saturated carbocycles. The van der Waals surface area contributed by atoms with Crippen molar-refractivity contribution in [2.75, 3.05) is 38.6 Å². The molecule has 2 fully saturated rings. The predicted molar refractivity (Wildman–Crippen MR) is 75.1 cm³/mol. The van der Waals surface area contributed by atoms with Gasteiger partial charge in [-0.15, -0.1) is 0 Å². The molecule has 1 amide bonds. The lowest BCUT2D eigenvalue weighted by Gasteiger charge is -2.43. The highest BCUT2D eigenvalue weighted by Crippen LogP contribution is 2.38. The standard InChI is InChI=1S/C13H24N2O2S/c16-12(14-5-10-18)11-13(3-1-2-4-13)15-6-8-17-9-7-15/h18H,1-11H2,(H,14,16). The molecule has 5 heteroatoms. The number of hydrogen-bond donors (Lipinski definition) is 2. The minimum absolute atomic E-state index is 0.102. The molecule has 1 N–H and O–H groups in total. The van der Waals surface area contributed by atoms with Gasteiger partial charge in [0, 0.05) is 37.3 Å². The van der Waals surface area contributed by atoms with Crippen LogP contribution in [0.5, 0.6) is 0 Å². The molecule has 0 aromatic carbocycles. The van der Waals surface area contributed by atoms with Gasteiger partial charge in [0.1, 0.15) is 0 Å². The molecular weight excluding hydrogens is 248 g/mol. The number of ether oxygens (including phenoxy) is 1. The number of carbonyl (C=O) groups is 1. The van der Waals surface area contributed by atoms with Gasteiger partial charge in [-0.25, -0.2) is 0 Å². The van der Waals surface area contributed by atoms with E-state index in [9.17, 15) is 4.79 Å². The Hall–Kier alpha value is -0.260. The summed E-state index contributed by atoms with van der Waals surface area (Å²) in [5.41, 5.74) is 0.102. The molecule has 1 aliphatic carbocycles. The third-order valence-electron chi connectivity index (χ3n) is 4.14. The van der Waals surface area contributed by atoms with Gasteiger partial charge in [-0.05, 0) is 12.8 Å². The summed E-state index contributed by atoms with van der Waals surface area (Å²) in [5, 5.41) is 2.95. The molecule has 0 aromatic heterocycles. The lowest BCUT2D eigenvalue weighted by molar-refractivity contribution is -0.125. The summed E-state index contributed by atoms with van der Waals surface area (Å²) >= 11 is 4.12. The van der Waals surface area contributed by atoms with E-state index in [1.54, 1.807) is 0 Å². The van der Waals surface area contributed by atoms with Crippen LogP contribution >= 0.6 is 12.6 Å². The maximum absolute atomic E-state index is 12.0. The Balaban J connectivity index is 1.95. The number of rotatable bonds is 5. The van der Waals surface area contributed by atoms with Crippen molar-refractivity contribution in [3.63, 3.8) is 0 Å². The molecule has 1 aliphatic heterocycles. The first-order valence-electron chi connectivity index (χ1n) is 6.97. The molecule has 1 heterocycles. The summed E-state index contributed by atoms with van der Waals surface area (Å²) in [7, 11) is 0. The smallest absolute Gasteiger partial charge is 0.221 e. The zero-order valence-corrected chi connectivity index (χ0v) is 11.9. The van der Waals surface area contributed by atoms with Crippen molar-refractivity contribution >= 4 is 18.5 Å². The molecule has 0 atom stereocenters. The van der Waals surface area contributed by atoms with E-state index in [1.807, 2.05) is 0 Å². The van der Waals surface area contributed by atoms with E-state index in [0.717, 1.165) is 39.1 Å². The number of morpholine rings is 1. The maximum atomic E-state index is 12.0. The minimum atomic E-state index is 0.102. The molecule has 104 valence electrons. The van der Waals surface area contributed by atoms with E-state index in [-0.39, 0.29) is 11.4 Å². The monoisotopic (exact) mass is 272 g/mol. The van der Waals surface area contributed by atoms with E-state index in [4.69, 9.17) is 4.74 Å². The van der Waals surface area contributed by atoms with Crippen LogP contribution in [0.15, 0.2) is 0 Å². The van der Waals surface area contributed by atoms with Crippen molar-refractivity contribution in [3.8, 4) is 0 Å². The largest absolute Gasteiger partial charge is 0.379 e. The first kappa shape index (κ1) is 14.2. The zero-order valence-electron chi connectivity index (χ0n) is 11.0. The molecule has 0 unspecified atom stereocenters. The second-order valence-corrected chi connectivity index (χ2v) is 5.73. The molecule has 0 radical (unpaired) electrons. The molecule has 1 saturated heterocycles. The Bertz CT molecular complexity index is 274. The Morgan fingerprint density at radius 2 is 1.94 bits per heavy atom. The number of nitrogens with zero attached hydrogens (tertiary/aromatic N) is 1. The third-order valence-corrected chi connectivity index (χ3v) is 4.36. The Labute approximate surface area is 115 Å². The molecule has 18 heavy (non-hydrogen) atoms. The van der Waals surface area contributed by atoms with Crippen LogP contribution in [0, 0.1) is 0 Å². The first-order valence-corrected chi connectivity index (χ1v) is 7.60. The number of nitrogens with one attached hydrogen (secondary N) is 1. The van der Waals surface area contributed by atoms with Gasteiger partial charge in [0.15, 0.2) is 0 Å². The summed E-state index contributed by atoms with van der Waals surface area (Å²) in [6, 6.07) is 0. The van der Waals surface area contributed by atoms with E-state index in [0.29, 0.717) is 18.7 Å². The van der Waals surface area contributed by atoms with Gasteiger partial charge in [-0.1, -0.05) is 12.8 Å². The van der Waals surface area contributed by atoms with Crippen LogP contribution < -0.4 is 5.32 Å². The summed E-state index contributed by atoms with van der Waals surface area (Å²) < 4.78 is 5.42. The molecule has 0 spiro atoms. The summed E-state index contributed by atoms with van der Waals surface area (Å²) in [5.74, 6) is 0.883. The quantitative estimate of drug-likeness (QED) is 0.736. The molecule has 2 aliphatic rings. The SMILES string of the molecule is O=C(CC1(N2CCOCC2)CCCC1)NCCS. The zero-order chi connectivity index (χ0) is 12.8. The summed E-state index contributed by atoms with van der Waals surface area (Å²) in [6.07, 6.45) is 5.44. The van der Waals surface area contributed by atoms with Gasteiger partial charge < -0.3 is 10.1 Å². The lowest BCUT2D eigenvalue weighted by atomic mass is 9.90. The normalized spacial score (nSPS) is 24.1. The van der Waals surface area contributed by atoms with Crippen LogP contribution in [0.3, 0.4) is 0 Å². The predicted octanol–water partition coefficient (Wildman–Crippen LogP) is 1.07. The highest BCUT2D eigenvalue weighted by molar-refractivity contribution is 7.80. The van der Waals surface area contributed by atoms with Crippen LogP contribution in [-0.2, 0) is 9.53 Å². The van der Waals surface area contributed by atoms with Crippen LogP contribution in [0.25, 0.3) is 0 Å². The van der Waals surface area contributed by atoms with Gasteiger partial charge in [0.05, 0.1) is 13.2 Å². The molecule has 0 aromatic rings.